The highest BCUT2D eigenvalue weighted by Crippen LogP contribution is 2.40. The van der Waals surface area contributed by atoms with Crippen molar-refractivity contribution in [3.63, 3.8) is 0 Å². The number of alkyl halides is 3. The quantitative estimate of drug-likeness (QED) is 0.346. The fraction of sp³-hybridized carbons (Fsp3) is 0.350. The highest BCUT2D eigenvalue weighted by atomic mass is 127. The molecular formula is C20H23F3IN3O. The number of aliphatic imine (C=N–C) groups is 1. The monoisotopic (exact) mass is 505 g/mol. The molecule has 2 N–H and O–H groups in total. The Morgan fingerprint density at radius 3 is 2.39 bits per heavy atom. The molecule has 0 saturated heterocycles. The third kappa shape index (κ3) is 6.88. The number of rotatable bonds is 6. The summed E-state index contributed by atoms with van der Waals surface area (Å²) in [5, 5.41) is 6.62. The minimum absolute atomic E-state index is 0. The van der Waals surface area contributed by atoms with Gasteiger partial charge in [-0.3, -0.25) is 4.99 Å². The Labute approximate surface area is 179 Å². The molecule has 4 nitrogen and oxygen atoms in total. The zero-order valence-corrected chi connectivity index (χ0v) is 17.7. The van der Waals surface area contributed by atoms with Crippen LogP contribution in [-0.2, 0) is 6.54 Å². The highest BCUT2D eigenvalue weighted by Gasteiger charge is 2.38. The maximum absolute atomic E-state index is 12.2. The summed E-state index contributed by atoms with van der Waals surface area (Å²) in [6.07, 6.45) is -3.27. The Morgan fingerprint density at radius 1 is 1.11 bits per heavy atom. The van der Waals surface area contributed by atoms with Crippen molar-refractivity contribution >= 4 is 29.9 Å². The van der Waals surface area contributed by atoms with E-state index in [-0.39, 0.29) is 29.7 Å². The van der Waals surface area contributed by atoms with Gasteiger partial charge in [-0.05, 0) is 29.7 Å². The minimum atomic E-state index is -4.33. The molecule has 2 unspecified atom stereocenters. The molecule has 0 amide bonds. The van der Waals surface area contributed by atoms with Gasteiger partial charge in [0.05, 0.1) is 0 Å². The second kappa shape index (κ2) is 9.99. The Hall–Kier alpha value is -1.97. The zero-order chi connectivity index (χ0) is 19.3. The minimum Gasteiger partial charge on any atom is -0.484 e. The van der Waals surface area contributed by atoms with Gasteiger partial charge in [0.1, 0.15) is 5.75 Å². The number of guanidine groups is 1. The first kappa shape index (κ1) is 22.3. The summed E-state index contributed by atoms with van der Waals surface area (Å²) in [6, 6.07) is 17.2. The van der Waals surface area contributed by atoms with Crippen molar-refractivity contribution in [3.8, 4) is 5.75 Å². The Kier molecular flexibility index (Phi) is 7.97. The lowest BCUT2D eigenvalue weighted by Gasteiger charge is -2.13. The largest absolute Gasteiger partial charge is 0.484 e. The molecule has 1 aliphatic rings. The van der Waals surface area contributed by atoms with E-state index in [1.807, 2.05) is 18.2 Å². The number of benzene rings is 2. The average Bonchev–Trinajstić information content (AvgIpc) is 3.43. The first-order chi connectivity index (χ1) is 12.9. The Morgan fingerprint density at radius 2 is 1.79 bits per heavy atom. The predicted molar refractivity (Wildman–Crippen MR) is 114 cm³/mol. The number of nitrogens with zero attached hydrogens (tertiary/aromatic N) is 1. The number of ether oxygens (including phenoxy) is 1. The van der Waals surface area contributed by atoms with Crippen LogP contribution >= 0.6 is 24.0 Å². The molecule has 2 atom stereocenters. The summed E-state index contributed by atoms with van der Waals surface area (Å²) in [5.74, 6) is 1.40. The van der Waals surface area contributed by atoms with Crippen molar-refractivity contribution in [2.75, 3.05) is 13.7 Å². The van der Waals surface area contributed by atoms with E-state index in [0.717, 1.165) is 12.0 Å². The van der Waals surface area contributed by atoms with Crippen LogP contribution in [0.4, 0.5) is 13.2 Å². The van der Waals surface area contributed by atoms with E-state index in [4.69, 9.17) is 4.74 Å². The molecule has 28 heavy (non-hydrogen) atoms. The third-order valence-electron chi connectivity index (χ3n) is 4.35. The molecule has 0 radical (unpaired) electrons. The van der Waals surface area contributed by atoms with Crippen LogP contribution in [0, 0.1) is 0 Å². The van der Waals surface area contributed by atoms with Crippen molar-refractivity contribution in [2.24, 2.45) is 4.99 Å². The molecule has 8 heteroatoms. The van der Waals surface area contributed by atoms with E-state index >= 15 is 0 Å². The molecule has 0 aromatic heterocycles. The van der Waals surface area contributed by atoms with Crippen LogP contribution in [0.15, 0.2) is 59.6 Å². The van der Waals surface area contributed by atoms with Crippen molar-refractivity contribution < 1.29 is 17.9 Å². The third-order valence-corrected chi connectivity index (χ3v) is 4.35. The van der Waals surface area contributed by atoms with Crippen LogP contribution in [0.2, 0.25) is 0 Å². The van der Waals surface area contributed by atoms with Crippen LogP contribution in [0.1, 0.15) is 23.5 Å². The molecule has 2 aromatic carbocycles. The molecule has 3 rings (SSSR count). The van der Waals surface area contributed by atoms with Gasteiger partial charge in [0.2, 0.25) is 0 Å². The lowest BCUT2D eigenvalue weighted by atomic mass is 10.1. The summed E-state index contributed by atoms with van der Waals surface area (Å²) >= 11 is 0. The van der Waals surface area contributed by atoms with Crippen LogP contribution < -0.4 is 15.4 Å². The molecule has 2 aromatic rings. The van der Waals surface area contributed by atoms with Crippen molar-refractivity contribution in [1.82, 2.24) is 10.6 Å². The van der Waals surface area contributed by atoms with Gasteiger partial charge in [0, 0.05) is 25.6 Å². The predicted octanol–water partition coefficient (Wildman–Crippen LogP) is 4.47. The highest BCUT2D eigenvalue weighted by molar-refractivity contribution is 14.0. The molecule has 0 aliphatic heterocycles. The molecule has 152 valence electrons. The summed E-state index contributed by atoms with van der Waals surface area (Å²) in [4.78, 5) is 4.23. The topological polar surface area (TPSA) is 45.7 Å². The van der Waals surface area contributed by atoms with E-state index in [1.54, 1.807) is 19.2 Å². The van der Waals surface area contributed by atoms with Crippen LogP contribution in [0.25, 0.3) is 0 Å². The van der Waals surface area contributed by atoms with Gasteiger partial charge in [-0.1, -0.05) is 42.5 Å². The lowest BCUT2D eigenvalue weighted by Crippen LogP contribution is -2.38. The molecule has 0 bridgehead atoms. The summed E-state index contributed by atoms with van der Waals surface area (Å²) in [6.45, 7) is -0.771. The number of hydrogen-bond acceptors (Lipinski definition) is 2. The molecular weight excluding hydrogens is 482 g/mol. The fourth-order valence-electron chi connectivity index (χ4n) is 2.85. The van der Waals surface area contributed by atoms with Crippen molar-refractivity contribution in [2.45, 2.75) is 31.1 Å². The van der Waals surface area contributed by atoms with Gasteiger partial charge in [-0.15, -0.1) is 24.0 Å². The summed E-state index contributed by atoms with van der Waals surface area (Å²) in [5.41, 5.74) is 2.24. The number of nitrogens with one attached hydrogen (secondary N) is 2. The van der Waals surface area contributed by atoms with Gasteiger partial charge >= 0.3 is 6.18 Å². The zero-order valence-electron chi connectivity index (χ0n) is 15.4. The molecule has 0 heterocycles. The Bertz CT molecular complexity index is 767. The van der Waals surface area contributed by atoms with Gasteiger partial charge in [-0.25, -0.2) is 0 Å². The van der Waals surface area contributed by atoms with E-state index in [9.17, 15) is 13.2 Å². The van der Waals surface area contributed by atoms with Crippen LogP contribution in [0.3, 0.4) is 0 Å². The smallest absolute Gasteiger partial charge is 0.422 e. The standard InChI is InChI=1S/C20H22F3N3O.HI/c1-24-19(26-18-11-17(18)15-5-3-2-4-6-15)25-12-14-7-9-16(10-8-14)27-13-20(21,22)23;/h2-10,17-18H,11-13H2,1H3,(H2,24,25,26);1H. The van der Waals surface area contributed by atoms with E-state index in [2.05, 4.69) is 27.8 Å². The van der Waals surface area contributed by atoms with Gasteiger partial charge in [0.15, 0.2) is 12.6 Å². The Balaban J connectivity index is 0.00000280. The van der Waals surface area contributed by atoms with Gasteiger partial charge < -0.3 is 15.4 Å². The average molecular weight is 505 g/mol. The second-order valence-corrected chi connectivity index (χ2v) is 6.48. The first-order valence-corrected chi connectivity index (χ1v) is 8.75. The van der Waals surface area contributed by atoms with Crippen molar-refractivity contribution in [1.29, 1.82) is 0 Å². The number of hydrogen-bond donors (Lipinski definition) is 2. The number of halogens is 4. The molecule has 0 spiro atoms. The maximum atomic E-state index is 12.2. The lowest BCUT2D eigenvalue weighted by molar-refractivity contribution is -0.153. The van der Waals surface area contributed by atoms with E-state index < -0.39 is 12.8 Å². The molecule has 1 fully saturated rings. The van der Waals surface area contributed by atoms with Gasteiger partial charge in [0.25, 0.3) is 0 Å². The fourth-order valence-corrected chi connectivity index (χ4v) is 2.85. The van der Waals surface area contributed by atoms with Crippen LogP contribution in [0.5, 0.6) is 5.75 Å². The normalized spacial score (nSPS) is 18.8. The first-order valence-electron chi connectivity index (χ1n) is 8.75. The van der Waals surface area contributed by atoms with Gasteiger partial charge in [-0.2, -0.15) is 13.2 Å². The summed E-state index contributed by atoms with van der Waals surface area (Å²) < 4.78 is 41.2. The second-order valence-electron chi connectivity index (χ2n) is 6.48. The van der Waals surface area contributed by atoms with E-state index in [0.29, 0.717) is 24.5 Å². The molecule has 1 aliphatic carbocycles. The van der Waals surface area contributed by atoms with E-state index in [1.165, 1.54) is 17.7 Å². The summed E-state index contributed by atoms with van der Waals surface area (Å²) in [7, 11) is 1.71. The SMILES string of the molecule is CN=C(NCc1ccc(OCC(F)(F)F)cc1)NC1CC1c1ccccc1.I. The maximum Gasteiger partial charge on any atom is 0.422 e. The molecule has 1 saturated carbocycles. The van der Waals surface area contributed by atoms with Crippen molar-refractivity contribution in [3.05, 3.63) is 65.7 Å². The van der Waals surface area contributed by atoms with Crippen LogP contribution in [-0.4, -0.2) is 31.8 Å².